The van der Waals surface area contributed by atoms with E-state index < -0.39 is 0 Å². The van der Waals surface area contributed by atoms with Gasteiger partial charge >= 0.3 is 0 Å². The van der Waals surface area contributed by atoms with E-state index in [2.05, 4.69) is 10.3 Å². The van der Waals surface area contributed by atoms with Crippen molar-refractivity contribution in [3.8, 4) is 0 Å². The van der Waals surface area contributed by atoms with Crippen molar-refractivity contribution >= 4 is 29.3 Å². The van der Waals surface area contributed by atoms with E-state index in [1.54, 1.807) is 35.2 Å². The van der Waals surface area contributed by atoms with Crippen molar-refractivity contribution in [2.24, 2.45) is 13.0 Å². The van der Waals surface area contributed by atoms with Crippen LogP contribution in [0.5, 0.6) is 0 Å². The average molecular weight is 396 g/mol. The van der Waals surface area contributed by atoms with E-state index in [-0.39, 0.29) is 24.2 Å². The van der Waals surface area contributed by atoms with E-state index in [0.29, 0.717) is 18.8 Å². The van der Waals surface area contributed by atoms with Crippen LogP contribution in [0.2, 0.25) is 0 Å². The molecule has 0 radical (unpaired) electrons. The molecule has 3 aromatic rings. The van der Waals surface area contributed by atoms with Crippen LogP contribution in [0.3, 0.4) is 0 Å². The van der Waals surface area contributed by atoms with Crippen LogP contribution in [0.15, 0.2) is 69.5 Å². The second kappa shape index (κ2) is 7.93. The zero-order valence-corrected chi connectivity index (χ0v) is 16.2. The lowest BCUT2D eigenvalue weighted by atomic mass is 10.1. The van der Waals surface area contributed by atoms with E-state index in [9.17, 15) is 9.59 Å². The second-order valence-electron chi connectivity index (χ2n) is 6.69. The molecule has 1 fully saturated rings. The summed E-state index contributed by atoms with van der Waals surface area (Å²) >= 11 is 1.55. The number of anilines is 1. The fraction of sp³-hybridized carbons (Fsp3) is 0.250. The van der Waals surface area contributed by atoms with E-state index >= 15 is 0 Å². The maximum Gasteiger partial charge on any atom is 0.229 e. The SMILES string of the molecule is Cn1ccnc1Sc1ccc(NC(=O)C2CC(=O)N(Cc3ccco3)C2)cc1. The molecule has 0 spiro atoms. The van der Waals surface area contributed by atoms with Crippen LogP contribution in [0.4, 0.5) is 5.69 Å². The van der Waals surface area contributed by atoms with Gasteiger partial charge in [0.2, 0.25) is 11.8 Å². The highest BCUT2D eigenvalue weighted by atomic mass is 32.2. The van der Waals surface area contributed by atoms with Gasteiger partial charge in [-0.2, -0.15) is 0 Å². The minimum absolute atomic E-state index is 0.0293. The number of nitrogens with zero attached hydrogens (tertiary/aromatic N) is 3. The highest BCUT2D eigenvalue weighted by Gasteiger charge is 2.34. The number of benzene rings is 1. The van der Waals surface area contributed by atoms with Gasteiger partial charge in [-0.05, 0) is 36.4 Å². The predicted octanol–water partition coefficient (Wildman–Crippen LogP) is 3.15. The third-order valence-electron chi connectivity index (χ3n) is 4.62. The first-order valence-electron chi connectivity index (χ1n) is 8.95. The fourth-order valence-electron chi connectivity index (χ4n) is 3.10. The first-order valence-corrected chi connectivity index (χ1v) is 9.76. The Kier molecular flexibility index (Phi) is 5.21. The number of amides is 2. The Morgan fingerprint density at radius 1 is 1.32 bits per heavy atom. The first kappa shape index (κ1) is 18.4. The number of hydrogen-bond donors (Lipinski definition) is 1. The van der Waals surface area contributed by atoms with Gasteiger partial charge in [-0.25, -0.2) is 4.98 Å². The molecule has 0 aliphatic carbocycles. The van der Waals surface area contributed by atoms with Gasteiger partial charge in [-0.15, -0.1) is 0 Å². The molecule has 1 aliphatic rings. The van der Waals surface area contributed by atoms with Gasteiger partial charge in [0, 0.05) is 43.0 Å². The van der Waals surface area contributed by atoms with Gasteiger partial charge in [-0.3, -0.25) is 9.59 Å². The monoisotopic (exact) mass is 396 g/mol. The number of aryl methyl sites for hydroxylation is 1. The molecule has 1 unspecified atom stereocenters. The van der Waals surface area contributed by atoms with Crippen molar-refractivity contribution in [1.29, 1.82) is 0 Å². The number of furan rings is 1. The Morgan fingerprint density at radius 3 is 2.82 bits per heavy atom. The summed E-state index contributed by atoms with van der Waals surface area (Å²) < 4.78 is 7.24. The normalized spacial score (nSPS) is 16.5. The molecule has 3 heterocycles. The van der Waals surface area contributed by atoms with Gasteiger partial charge in [0.05, 0.1) is 18.7 Å². The Bertz CT molecular complexity index is 966. The number of likely N-dealkylation sites (tertiary alicyclic amines) is 1. The highest BCUT2D eigenvalue weighted by Crippen LogP contribution is 2.27. The molecule has 7 nitrogen and oxygen atoms in total. The largest absolute Gasteiger partial charge is 0.467 e. The quantitative estimate of drug-likeness (QED) is 0.692. The Morgan fingerprint density at radius 2 is 2.14 bits per heavy atom. The van der Waals surface area contributed by atoms with Crippen LogP contribution >= 0.6 is 11.8 Å². The van der Waals surface area contributed by atoms with E-state index in [1.165, 1.54) is 0 Å². The van der Waals surface area contributed by atoms with Gasteiger partial charge in [0.25, 0.3) is 0 Å². The molecule has 1 aliphatic heterocycles. The Hall–Kier alpha value is -3.00. The van der Waals surface area contributed by atoms with Crippen LogP contribution in [-0.2, 0) is 23.2 Å². The van der Waals surface area contributed by atoms with Gasteiger partial charge in [0.15, 0.2) is 5.16 Å². The molecule has 8 heteroatoms. The lowest BCUT2D eigenvalue weighted by molar-refractivity contribution is -0.128. The van der Waals surface area contributed by atoms with Crippen LogP contribution in [0.1, 0.15) is 12.2 Å². The van der Waals surface area contributed by atoms with Crippen molar-refractivity contribution in [2.45, 2.75) is 23.0 Å². The second-order valence-corrected chi connectivity index (χ2v) is 7.73. The summed E-state index contributed by atoms with van der Waals surface area (Å²) in [4.78, 5) is 31.7. The molecule has 144 valence electrons. The molecular formula is C20H20N4O3S. The number of nitrogens with one attached hydrogen (secondary N) is 1. The van der Waals surface area contributed by atoms with Gasteiger partial charge in [0.1, 0.15) is 5.76 Å². The van der Waals surface area contributed by atoms with Crippen molar-refractivity contribution in [2.75, 3.05) is 11.9 Å². The molecule has 2 amide bonds. The number of hydrogen-bond acceptors (Lipinski definition) is 5. The standard InChI is InChI=1S/C20H20N4O3S/c1-23-9-8-21-20(23)28-17-6-4-15(5-7-17)22-19(26)14-11-18(25)24(12-14)13-16-3-2-10-27-16/h2-10,14H,11-13H2,1H3,(H,22,26). The molecule has 1 aromatic carbocycles. The molecule has 1 atom stereocenters. The number of carbonyl (C=O) groups is 2. The maximum absolute atomic E-state index is 12.6. The lowest BCUT2D eigenvalue weighted by Crippen LogP contribution is -2.27. The molecule has 4 rings (SSSR count). The van der Waals surface area contributed by atoms with E-state index in [0.717, 1.165) is 15.8 Å². The van der Waals surface area contributed by atoms with Crippen LogP contribution in [0.25, 0.3) is 0 Å². The van der Waals surface area contributed by atoms with Crippen LogP contribution < -0.4 is 5.32 Å². The van der Waals surface area contributed by atoms with Gasteiger partial charge in [-0.1, -0.05) is 11.8 Å². The number of carbonyl (C=O) groups excluding carboxylic acids is 2. The Balaban J connectivity index is 1.33. The topological polar surface area (TPSA) is 80.4 Å². The maximum atomic E-state index is 12.6. The predicted molar refractivity (Wildman–Crippen MR) is 105 cm³/mol. The van der Waals surface area contributed by atoms with E-state index in [4.69, 9.17) is 4.42 Å². The molecule has 0 saturated carbocycles. The summed E-state index contributed by atoms with van der Waals surface area (Å²) in [6.45, 7) is 0.799. The number of aromatic nitrogens is 2. The third-order valence-corrected chi connectivity index (χ3v) is 5.70. The molecular weight excluding hydrogens is 376 g/mol. The molecule has 1 N–H and O–H groups in total. The molecule has 28 heavy (non-hydrogen) atoms. The molecule has 1 saturated heterocycles. The zero-order valence-electron chi connectivity index (χ0n) is 15.4. The van der Waals surface area contributed by atoms with Crippen molar-refractivity contribution < 1.29 is 14.0 Å². The molecule has 0 bridgehead atoms. The van der Waals surface area contributed by atoms with Crippen molar-refractivity contribution in [3.63, 3.8) is 0 Å². The minimum atomic E-state index is -0.357. The third kappa shape index (κ3) is 4.12. The fourth-order valence-corrected chi connectivity index (χ4v) is 3.90. The Labute approximate surface area is 166 Å². The van der Waals surface area contributed by atoms with Crippen LogP contribution in [-0.4, -0.2) is 32.8 Å². The van der Waals surface area contributed by atoms with E-state index in [1.807, 2.05) is 48.1 Å². The summed E-state index contributed by atoms with van der Waals surface area (Å²) in [5.41, 5.74) is 0.714. The zero-order chi connectivity index (χ0) is 19.5. The summed E-state index contributed by atoms with van der Waals surface area (Å²) in [6.07, 6.45) is 5.46. The van der Waals surface area contributed by atoms with Gasteiger partial charge < -0.3 is 19.2 Å². The number of imidazole rings is 1. The smallest absolute Gasteiger partial charge is 0.229 e. The van der Waals surface area contributed by atoms with Crippen molar-refractivity contribution in [3.05, 3.63) is 60.8 Å². The summed E-state index contributed by atoms with van der Waals surface area (Å²) in [6, 6.07) is 11.2. The van der Waals surface area contributed by atoms with Crippen molar-refractivity contribution in [1.82, 2.24) is 14.5 Å². The highest BCUT2D eigenvalue weighted by molar-refractivity contribution is 7.99. The molecule has 2 aromatic heterocycles. The average Bonchev–Trinajstić information content (AvgIpc) is 3.41. The first-order chi connectivity index (χ1) is 13.6. The number of rotatable bonds is 6. The summed E-state index contributed by atoms with van der Waals surface area (Å²) in [7, 11) is 1.95. The summed E-state index contributed by atoms with van der Waals surface area (Å²) in [5.74, 6) is 0.192. The summed E-state index contributed by atoms with van der Waals surface area (Å²) in [5, 5.41) is 3.81. The minimum Gasteiger partial charge on any atom is -0.467 e. The lowest BCUT2D eigenvalue weighted by Gasteiger charge is -2.15. The van der Waals surface area contributed by atoms with Crippen LogP contribution in [0, 0.1) is 5.92 Å².